The van der Waals surface area contributed by atoms with Crippen LogP contribution in [0.25, 0.3) is 22.0 Å². The summed E-state index contributed by atoms with van der Waals surface area (Å²) in [5, 5.41) is 2.42. The third kappa shape index (κ3) is 2.82. The predicted molar refractivity (Wildman–Crippen MR) is 90.6 cm³/mol. The zero-order valence-electron chi connectivity index (χ0n) is 13.1. The summed E-state index contributed by atoms with van der Waals surface area (Å²) in [6.45, 7) is 8.90. The molecule has 1 aromatic heterocycles. The zero-order chi connectivity index (χ0) is 15.0. The topological polar surface area (TPSA) is 12.9 Å². The van der Waals surface area contributed by atoms with Crippen molar-refractivity contribution in [2.75, 3.05) is 0 Å². The lowest BCUT2D eigenvalue weighted by Crippen LogP contribution is -2.11. The number of aromatic nitrogens is 1. The van der Waals surface area contributed by atoms with Crippen molar-refractivity contribution in [2.24, 2.45) is 0 Å². The molecule has 1 nitrogen and oxygen atoms in total. The van der Waals surface area contributed by atoms with Gasteiger partial charge in [0.25, 0.3) is 0 Å². The zero-order valence-corrected chi connectivity index (χ0v) is 13.1. The molecule has 0 aliphatic heterocycles. The van der Waals surface area contributed by atoms with Crippen molar-refractivity contribution in [3.05, 3.63) is 65.9 Å². The van der Waals surface area contributed by atoms with E-state index in [0.29, 0.717) is 0 Å². The van der Waals surface area contributed by atoms with Crippen molar-refractivity contribution >= 4 is 10.8 Å². The Hall–Kier alpha value is -2.15. The number of hydrogen-bond acceptors (Lipinski definition) is 1. The number of fused-ring (bicyclic) bond motifs is 1. The van der Waals surface area contributed by atoms with Crippen LogP contribution in [0.5, 0.6) is 0 Å². The molecular weight excluding hydrogens is 254 g/mol. The summed E-state index contributed by atoms with van der Waals surface area (Å²) >= 11 is 0. The van der Waals surface area contributed by atoms with Crippen LogP contribution in [0, 0.1) is 6.92 Å². The minimum Gasteiger partial charge on any atom is -0.256 e. The molecule has 0 fully saturated rings. The maximum Gasteiger partial charge on any atom is 0.0708 e. The molecular formula is C20H21N. The normalized spacial score (nSPS) is 11.8. The van der Waals surface area contributed by atoms with Crippen LogP contribution in [-0.4, -0.2) is 4.98 Å². The van der Waals surface area contributed by atoms with Crippen molar-refractivity contribution in [1.29, 1.82) is 0 Å². The largest absolute Gasteiger partial charge is 0.256 e. The van der Waals surface area contributed by atoms with E-state index in [9.17, 15) is 0 Å². The molecule has 2 aromatic carbocycles. The molecule has 1 heterocycles. The Balaban J connectivity index is 2.16. The Kier molecular flexibility index (Phi) is 3.29. The molecule has 106 valence electrons. The summed E-state index contributed by atoms with van der Waals surface area (Å²) in [5.74, 6) is 0. The van der Waals surface area contributed by atoms with Crippen molar-refractivity contribution in [2.45, 2.75) is 33.1 Å². The first-order valence-electron chi connectivity index (χ1n) is 7.41. The summed E-state index contributed by atoms with van der Waals surface area (Å²) in [7, 11) is 0. The van der Waals surface area contributed by atoms with E-state index in [4.69, 9.17) is 0 Å². The Morgan fingerprint density at radius 1 is 0.857 bits per heavy atom. The lowest BCUT2D eigenvalue weighted by atomic mass is 9.85. The van der Waals surface area contributed by atoms with Gasteiger partial charge in [-0.25, -0.2) is 0 Å². The number of benzene rings is 2. The second-order valence-electron chi connectivity index (χ2n) is 6.75. The fraction of sp³-hybridized carbons (Fsp3) is 0.250. The molecule has 1 heteroatoms. The first-order valence-corrected chi connectivity index (χ1v) is 7.41. The lowest BCUT2D eigenvalue weighted by Gasteiger charge is -2.20. The minimum absolute atomic E-state index is 0.150. The smallest absolute Gasteiger partial charge is 0.0708 e. The molecule has 0 bridgehead atoms. The second-order valence-corrected chi connectivity index (χ2v) is 6.75. The highest BCUT2D eigenvalue weighted by atomic mass is 14.7. The molecule has 0 spiro atoms. The Morgan fingerprint density at radius 2 is 1.57 bits per heavy atom. The van der Waals surface area contributed by atoms with Gasteiger partial charge in [-0.05, 0) is 41.5 Å². The predicted octanol–water partition coefficient (Wildman–Crippen LogP) is 5.51. The van der Waals surface area contributed by atoms with Gasteiger partial charge in [0.2, 0.25) is 0 Å². The summed E-state index contributed by atoms with van der Waals surface area (Å²) in [5.41, 5.74) is 5.03. The van der Waals surface area contributed by atoms with Gasteiger partial charge >= 0.3 is 0 Å². The highest BCUT2D eigenvalue weighted by molar-refractivity contribution is 5.85. The second kappa shape index (κ2) is 5.00. The molecule has 0 saturated heterocycles. The number of hydrogen-bond donors (Lipinski definition) is 0. The average molecular weight is 275 g/mol. The van der Waals surface area contributed by atoms with Gasteiger partial charge in [0.1, 0.15) is 0 Å². The van der Waals surface area contributed by atoms with E-state index in [1.807, 2.05) is 12.3 Å². The van der Waals surface area contributed by atoms with Crippen LogP contribution >= 0.6 is 0 Å². The highest BCUT2D eigenvalue weighted by Gasteiger charge is 2.15. The molecule has 3 rings (SSSR count). The summed E-state index contributed by atoms with van der Waals surface area (Å²) < 4.78 is 0. The van der Waals surface area contributed by atoms with E-state index in [1.165, 1.54) is 27.5 Å². The molecule has 0 amide bonds. The SMILES string of the molecule is Cc1cc(-c2cc3ccccc3cn2)cc(C(C)(C)C)c1. The Bertz CT molecular complexity index is 794. The van der Waals surface area contributed by atoms with Crippen molar-refractivity contribution in [1.82, 2.24) is 4.98 Å². The van der Waals surface area contributed by atoms with E-state index in [2.05, 4.69) is 75.1 Å². The van der Waals surface area contributed by atoms with E-state index < -0.39 is 0 Å². The molecule has 3 aromatic rings. The first kappa shape index (κ1) is 13.8. The van der Waals surface area contributed by atoms with Crippen LogP contribution < -0.4 is 0 Å². The molecule has 0 N–H and O–H groups in total. The van der Waals surface area contributed by atoms with E-state index in [-0.39, 0.29) is 5.41 Å². The molecule has 0 aliphatic carbocycles. The Morgan fingerprint density at radius 3 is 2.29 bits per heavy atom. The summed E-state index contributed by atoms with van der Waals surface area (Å²) in [4.78, 5) is 4.64. The van der Waals surface area contributed by atoms with Gasteiger partial charge in [-0.1, -0.05) is 56.7 Å². The van der Waals surface area contributed by atoms with Crippen LogP contribution in [0.3, 0.4) is 0 Å². The third-order valence-electron chi connectivity index (χ3n) is 3.87. The number of aryl methyl sites for hydroxylation is 1. The third-order valence-corrected chi connectivity index (χ3v) is 3.87. The van der Waals surface area contributed by atoms with E-state index in [1.54, 1.807) is 0 Å². The fourth-order valence-corrected chi connectivity index (χ4v) is 2.61. The van der Waals surface area contributed by atoms with Crippen LogP contribution in [0.1, 0.15) is 31.9 Å². The molecule has 21 heavy (non-hydrogen) atoms. The minimum atomic E-state index is 0.150. The monoisotopic (exact) mass is 275 g/mol. The molecule has 0 unspecified atom stereocenters. The fourth-order valence-electron chi connectivity index (χ4n) is 2.61. The van der Waals surface area contributed by atoms with Gasteiger partial charge < -0.3 is 0 Å². The molecule has 0 atom stereocenters. The Labute approximate surface area is 126 Å². The van der Waals surface area contributed by atoms with Gasteiger partial charge in [-0.3, -0.25) is 4.98 Å². The number of rotatable bonds is 1. The van der Waals surface area contributed by atoms with Crippen LogP contribution in [-0.2, 0) is 5.41 Å². The molecule has 0 aliphatic rings. The van der Waals surface area contributed by atoms with Gasteiger partial charge in [-0.15, -0.1) is 0 Å². The summed E-state index contributed by atoms with van der Waals surface area (Å²) in [6, 6.07) is 17.3. The molecule has 0 radical (unpaired) electrons. The van der Waals surface area contributed by atoms with Crippen molar-refractivity contribution in [3.63, 3.8) is 0 Å². The average Bonchev–Trinajstić information content (AvgIpc) is 2.45. The van der Waals surface area contributed by atoms with Gasteiger partial charge in [0.15, 0.2) is 0 Å². The highest BCUT2D eigenvalue weighted by Crippen LogP contribution is 2.29. The van der Waals surface area contributed by atoms with Crippen molar-refractivity contribution < 1.29 is 0 Å². The maximum absolute atomic E-state index is 4.64. The van der Waals surface area contributed by atoms with Gasteiger partial charge in [0.05, 0.1) is 5.69 Å². The van der Waals surface area contributed by atoms with Crippen LogP contribution in [0.15, 0.2) is 54.7 Å². The van der Waals surface area contributed by atoms with Crippen molar-refractivity contribution in [3.8, 4) is 11.3 Å². The van der Waals surface area contributed by atoms with Crippen LogP contribution in [0.4, 0.5) is 0 Å². The number of nitrogens with zero attached hydrogens (tertiary/aromatic N) is 1. The van der Waals surface area contributed by atoms with E-state index >= 15 is 0 Å². The van der Waals surface area contributed by atoms with E-state index in [0.717, 1.165) is 5.69 Å². The standard InChI is InChI=1S/C20H21N/c1-14-9-17(11-18(10-14)20(2,3)4)19-12-15-7-5-6-8-16(15)13-21-19/h5-13H,1-4H3. The molecule has 0 saturated carbocycles. The lowest BCUT2D eigenvalue weighted by molar-refractivity contribution is 0.590. The quantitative estimate of drug-likeness (QED) is 0.571. The van der Waals surface area contributed by atoms with Gasteiger partial charge in [0, 0.05) is 17.1 Å². The summed E-state index contributed by atoms with van der Waals surface area (Å²) in [6.07, 6.45) is 1.96. The van der Waals surface area contributed by atoms with Gasteiger partial charge in [-0.2, -0.15) is 0 Å². The van der Waals surface area contributed by atoms with Crippen LogP contribution in [0.2, 0.25) is 0 Å². The first-order chi connectivity index (χ1) is 9.93. The maximum atomic E-state index is 4.64. The number of pyridine rings is 1.